The first-order chi connectivity index (χ1) is 13.0. The Balaban J connectivity index is 1.91. The third-order valence-corrected chi connectivity index (χ3v) is 5.57. The molecule has 0 aliphatic carbocycles. The quantitative estimate of drug-likeness (QED) is 0.482. The van der Waals surface area contributed by atoms with Crippen LogP contribution in [0.15, 0.2) is 59.8 Å². The zero-order chi connectivity index (χ0) is 19.3. The first-order valence-corrected chi connectivity index (χ1v) is 10.1. The molecule has 4 nitrogen and oxygen atoms in total. The topological polar surface area (TPSA) is 54.5 Å². The van der Waals surface area contributed by atoms with E-state index in [0.29, 0.717) is 11.6 Å². The molecule has 3 aromatic rings. The fourth-order valence-corrected chi connectivity index (χ4v) is 4.02. The number of hydrogen-bond acceptors (Lipinski definition) is 4. The minimum atomic E-state index is -0.344. The molecule has 0 radical (unpaired) electrons. The van der Waals surface area contributed by atoms with E-state index in [2.05, 4.69) is 33.0 Å². The van der Waals surface area contributed by atoms with Gasteiger partial charge in [0.05, 0.1) is 23.1 Å². The Bertz CT molecular complexity index is 944. The molecule has 1 heterocycles. The maximum Gasteiger partial charge on any atom is 0.191 e. The van der Waals surface area contributed by atoms with Gasteiger partial charge in [-0.15, -0.1) is 10.2 Å². The van der Waals surface area contributed by atoms with Gasteiger partial charge in [-0.3, -0.25) is 4.57 Å². The fraction of sp³-hybridized carbons (Fsp3) is 0.286. The average Bonchev–Trinajstić information content (AvgIpc) is 3.05. The van der Waals surface area contributed by atoms with Crippen LogP contribution in [0, 0.1) is 16.7 Å². The summed E-state index contributed by atoms with van der Waals surface area (Å²) in [5.41, 5.74) is 1.69. The van der Waals surface area contributed by atoms with Gasteiger partial charge in [-0.1, -0.05) is 65.8 Å². The monoisotopic (exact) mass is 396 g/mol. The van der Waals surface area contributed by atoms with Crippen LogP contribution in [0.1, 0.15) is 25.8 Å². The van der Waals surface area contributed by atoms with Crippen molar-refractivity contribution in [2.45, 2.75) is 32.0 Å². The lowest BCUT2D eigenvalue weighted by atomic mass is 9.93. The molecule has 6 heteroatoms. The highest BCUT2D eigenvalue weighted by molar-refractivity contribution is 7.99. The SMILES string of the molecule is CC(C)(C#N)CCSc1nnc(-c2ccccc2Cl)n1Cc1ccccc1. The van der Waals surface area contributed by atoms with Crippen molar-refractivity contribution >= 4 is 23.4 Å². The Morgan fingerprint density at radius 1 is 1.07 bits per heavy atom. The van der Waals surface area contributed by atoms with Gasteiger partial charge in [-0.2, -0.15) is 5.26 Å². The van der Waals surface area contributed by atoms with Gasteiger partial charge in [0.2, 0.25) is 0 Å². The van der Waals surface area contributed by atoms with Gasteiger partial charge in [0.25, 0.3) is 0 Å². The molecule has 0 bridgehead atoms. The van der Waals surface area contributed by atoms with Crippen molar-refractivity contribution < 1.29 is 0 Å². The second kappa shape index (κ2) is 8.60. The molecule has 1 aromatic heterocycles. The van der Waals surface area contributed by atoms with Crippen LogP contribution in [0.25, 0.3) is 11.4 Å². The average molecular weight is 397 g/mol. The van der Waals surface area contributed by atoms with Crippen LogP contribution in [0.4, 0.5) is 0 Å². The molecular formula is C21H21ClN4S. The number of halogens is 1. The number of hydrogen-bond donors (Lipinski definition) is 0. The molecule has 0 saturated heterocycles. The van der Waals surface area contributed by atoms with Gasteiger partial charge in [0, 0.05) is 11.3 Å². The first kappa shape index (κ1) is 19.5. The van der Waals surface area contributed by atoms with Crippen molar-refractivity contribution in [1.29, 1.82) is 5.26 Å². The van der Waals surface area contributed by atoms with Crippen LogP contribution in [-0.4, -0.2) is 20.5 Å². The van der Waals surface area contributed by atoms with Crippen molar-refractivity contribution in [3.05, 3.63) is 65.2 Å². The van der Waals surface area contributed by atoms with E-state index in [-0.39, 0.29) is 5.41 Å². The van der Waals surface area contributed by atoms with E-state index >= 15 is 0 Å². The highest BCUT2D eigenvalue weighted by atomic mass is 35.5. The van der Waals surface area contributed by atoms with Gasteiger partial charge in [0.1, 0.15) is 0 Å². The molecule has 0 N–H and O–H groups in total. The number of nitriles is 1. The molecule has 0 fully saturated rings. The first-order valence-electron chi connectivity index (χ1n) is 8.76. The minimum absolute atomic E-state index is 0.344. The van der Waals surface area contributed by atoms with Gasteiger partial charge < -0.3 is 0 Å². The molecule has 27 heavy (non-hydrogen) atoms. The molecule has 2 aromatic carbocycles. The Kier molecular flexibility index (Phi) is 6.20. The van der Waals surface area contributed by atoms with Crippen molar-refractivity contribution in [3.8, 4) is 17.5 Å². The van der Waals surface area contributed by atoms with Gasteiger partial charge in [0.15, 0.2) is 11.0 Å². The highest BCUT2D eigenvalue weighted by Gasteiger charge is 2.20. The summed E-state index contributed by atoms with van der Waals surface area (Å²) >= 11 is 8.03. The van der Waals surface area contributed by atoms with E-state index in [4.69, 9.17) is 11.6 Å². The number of nitrogens with zero attached hydrogens (tertiary/aromatic N) is 4. The van der Waals surface area contributed by atoms with Crippen LogP contribution >= 0.6 is 23.4 Å². The summed E-state index contributed by atoms with van der Waals surface area (Å²) < 4.78 is 2.10. The summed E-state index contributed by atoms with van der Waals surface area (Å²) in [4.78, 5) is 0. The molecule has 0 saturated carbocycles. The van der Waals surface area contributed by atoms with Gasteiger partial charge in [-0.25, -0.2) is 0 Å². The Morgan fingerprint density at radius 3 is 2.48 bits per heavy atom. The molecule has 138 valence electrons. The summed E-state index contributed by atoms with van der Waals surface area (Å²) in [7, 11) is 0. The molecule has 0 aliphatic rings. The van der Waals surface area contributed by atoms with Crippen molar-refractivity contribution in [2.75, 3.05) is 5.75 Å². The number of rotatable bonds is 7. The number of benzene rings is 2. The maximum atomic E-state index is 9.22. The highest BCUT2D eigenvalue weighted by Crippen LogP contribution is 2.31. The largest absolute Gasteiger partial charge is 0.298 e. The number of aromatic nitrogens is 3. The third kappa shape index (κ3) is 4.91. The van der Waals surface area contributed by atoms with E-state index < -0.39 is 0 Å². The van der Waals surface area contributed by atoms with Crippen LogP contribution in [0.5, 0.6) is 0 Å². The van der Waals surface area contributed by atoms with Crippen molar-refractivity contribution in [3.63, 3.8) is 0 Å². The normalized spacial score (nSPS) is 11.3. The zero-order valence-corrected chi connectivity index (χ0v) is 17.0. The van der Waals surface area contributed by atoms with Gasteiger partial charge >= 0.3 is 0 Å². The summed E-state index contributed by atoms with van der Waals surface area (Å²) in [6, 6.07) is 20.3. The fourth-order valence-electron chi connectivity index (χ4n) is 2.60. The van der Waals surface area contributed by atoms with Gasteiger partial charge in [-0.05, 0) is 38.0 Å². The Hall–Kier alpha value is -2.29. The maximum absolute atomic E-state index is 9.22. The molecule has 0 atom stereocenters. The molecular weight excluding hydrogens is 376 g/mol. The van der Waals surface area contributed by atoms with Crippen molar-refractivity contribution in [1.82, 2.24) is 14.8 Å². The molecule has 3 rings (SSSR count). The smallest absolute Gasteiger partial charge is 0.191 e. The zero-order valence-electron chi connectivity index (χ0n) is 15.4. The Labute approximate surface area is 169 Å². The summed E-state index contributed by atoms with van der Waals surface area (Å²) in [5.74, 6) is 1.56. The lowest BCUT2D eigenvalue weighted by Crippen LogP contribution is -2.09. The number of thioether (sulfide) groups is 1. The predicted octanol–water partition coefficient (Wildman–Crippen LogP) is 5.68. The summed E-state index contributed by atoms with van der Waals surface area (Å²) in [6.45, 7) is 4.58. The lowest BCUT2D eigenvalue weighted by molar-refractivity contribution is 0.481. The van der Waals surface area contributed by atoms with Crippen LogP contribution in [0.3, 0.4) is 0 Å². The van der Waals surface area contributed by atoms with E-state index in [1.165, 1.54) is 5.56 Å². The predicted molar refractivity (Wildman–Crippen MR) is 111 cm³/mol. The molecule has 0 aliphatic heterocycles. The minimum Gasteiger partial charge on any atom is -0.298 e. The molecule has 0 unspecified atom stereocenters. The second-order valence-corrected chi connectivity index (χ2v) is 8.42. The van der Waals surface area contributed by atoms with E-state index in [1.54, 1.807) is 11.8 Å². The lowest BCUT2D eigenvalue weighted by Gasteiger charge is -2.15. The molecule has 0 amide bonds. The van der Waals surface area contributed by atoms with Crippen LogP contribution < -0.4 is 0 Å². The van der Waals surface area contributed by atoms with E-state index in [0.717, 1.165) is 28.7 Å². The standard InChI is InChI=1S/C21H21ClN4S/c1-21(2,15-23)12-13-27-20-25-24-19(17-10-6-7-11-18(17)22)26(20)14-16-8-4-3-5-9-16/h3-11H,12-14H2,1-2H3. The summed E-state index contributed by atoms with van der Waals surface area (Å²) in [6.07, 6.45) is 0.786. The van der Waals surface area contributed by atoms with E-state index in [1.807, 2.05) is 56.3 Å². The van der Waals surface area contributed by atoms with E-state index in [9.17, 15) is 5.26 Å². The van der Waals surface area contributed by atoms with Crippen molar-refractivity contribution in [2.24, 2.45) is 5.41 Å². The Morgan fingerprint density at radius 2 is 1.78 bits per heavy atom. The van der Waals surface area contributed by atoms with Crippen LogP contribution in [-0.2, 0) is 6.54 Å². The second-order valence-electron chi connectivity index (χ2n) is 6.95. The molecule has 0 spiro atoms. The van der Waals surface area contributed by atoms with Crippen LogP contribution in [0.2, 0.25) is 5.02 Å². The summed E-state index contributed by atoms with van der Waals surface area (Å²) in [5, 5.41) is 19.5. The third-order valence-electron chi connectivity index (χ3n) is 4.28.